The van der Waals surface area contributed by atoms with Gasteiger partial charge in [0.05, 0.1) is 12.8 Å². The first-order valence-corrected chi connectivity index (χ1v) is 7.53. The van der Waals surface area contributed by atoms with Crippen LogP contribution in [0.5, 0.6) is 11.7 Å². The molecule has 1 N–H and O–H groups in total. The van der Waals surface area contributed by atoms with Crippen LogP contribution in [0.2, 0.25) is 0 Å². The smallest absolute Gasteiger partial charge is 0.311 e. The van der Waals surface area contributed by atoms with E-state index in [0.29, 0.717) is 17.1 Å². The van der Waals surface area contributed by atoms with Crippen molar-refractivity contribution < 1.29 is 14.3 Å². The molecular weight excluding hydrogens is 304 g/mol. The molecule has 122 valence electrons. The topological polar surface area (TPSA) is 67.3 Å². The minimum Gasteiger partial charge on any atom is -0.497 e. The highest BCUT2D eigenvalue weighted by Crippen LogP contribution is 2.37. The maximum absolute atomic E-state index is 9.94. The van der Waals surface area contributed by atoms with Crippen molar-refractivity contribution in [3.8, 4) is 23.0 Å². The molecule has 5 nitrogen and oxygen atoms in total. The number of rotatable bonds is 4. The molecular formula is C19H18N2O3. The molecule has 0 unspecified atom stereocenters. The van der Waals surface area contributed by atoms with Crippen LogP contribution < -0.4 is 4.74 Å². The van der Waals surface area contributed by atoms with Gasteiger partial charge < -0.3 is 14.3 Å². The van der Waals surface area contributed by atoms with Crippen molar-refractivity contribution in [2.24, 2.45) is 10.2 Å². The Balaban J connectivity index is 1.85. The van der Waals surface area contributed by atoms with Gasteiger partial charge in [-0.15, -0.1) is 5.11 Å². The lowest BCUT2D eigenvalue weighted by Gasteiger charge is -2.01. The summed E-state index contributed by atoms with van der Waals surface area (Å²) in [5, 5.41) is 18.1. The summed E-state index contributed by atoms with van der Waals surface area (Å²) in [5.41, 5.74) is 4.20. The number of aromatic hydroxyl groups is 1. The Kier molecular flexibility index (Phi) is 4.33. The highest BCUT2D eigenvalue weighted by molar-refractivity contribution is 5.65. The number of azo groups is 1. The molecule has 2 aromatic carbocycles. The third-order valence-electron chi connectivity index (χ3n) is 3.83. The number of benzene rings is 2. The van der Waals surface area contributed by atoms with Crippen LogP contribution in [0.15, 0.2) is 63.2 Å². The van der Waals surface area contributed by atoms with E-state index in [1.54, 1.807) is 37.4 Å². The first-order valence-electron chi connectivity index (χ1n) is 7.53. The summed E-state index contributed by atoms with van der Waals surface area (Å²) >= 11 is 0. The molecule has 24 heavy (non-hydrogen) atoms. The molecule has 0 atom stereocenters. The number of furan rings is 1. The second kappa shape index (κ2) is 6.58. The van der Waals surface area contributed by atoms with Gasteiger partial charge in [-0.25, -0.2) is 0 Å². The van der Waals surface area contributed by atoms with Crippen LogP contribution in [0, 0.1) is 13.8 Å². The first kappa shape index (κ1) is 15.8. The summed E-state index contributed by atoms with van der Waals surface area (Å²) in [5.74, 6) is 1.05. The Morgan fingerprint density at radius 3 is 2.33 bits per heavy atom. The second-order valence-corrected chi connectivity index (χ2v) is 5.50. The van der Waals surface area contributed by atoms with Crippen molar-refractivity contribution in [1.82, 2.24) is 0 Å². The maximum Gasteiger partial charge on any atom is 0.311 e. The van der Waals surface area contributed by atoms with Crippen LogP contribution in [0.4, 0.5) is 11.4 Å². The van der Waals surface area contributed by atoms with Crippen LogP contribution in [0.1, 0.15) is 11.1 Å². The van der Waals surface area contributed by atoms with Gasteiger partial charge in [0.25, 0.3) is 0 Å². The lowest BCUT2D eigenvalue weighted by Crippen LogP contribution is -1.81. The Hall–Kier alpha value is -3.08. The summed E-state index contributed by atoms with van der Waals surface area (Å²) in [6.07, 6.45) is 0. The highest BCUT2D eigenvalue weighted by atomic mass is 16.5. The zero-order chi connectivity index (χ0) is 17.1. The largest absolute Gasteiger partial charge is 0.497 e. The third-order valence-corrected chi connectivity index (χ3v) is 3.83. The molecule has 0 aliphatic carbocycles. The fraction of sp³-hybridized carbons (Fsp3) is 0.158. The van der Waals surface area contributed by atoms with Crippen LogP contribution in [-0.4, -0.2) is 12.2 Å². The molecule has 1 heterocycles. The molecule has 0 saturated carbocycles. The summed E-state index contributed by atoms with van der Waals surface area (Å²) in [4.78, 5) is 0. The summed E-state index contributed by atoms with van der Waals surface area (Å²) in [6.45, 7) is 4.08. The Morgan fingerprint density at radius 2 is 1.67 bits per heavy atom. The minimum atomic E-state index is -0.250. The summed E-state index contributed by atoms with van der Waals surface area (Å²) < 4.78 is 10.5. The Bertz CT molecular complexity index is 880. The number of nitrogens with zero attached hydrogens (tertiary/aromatic N) is 2. The van der Waals surface area contributed by atoms with Gasteiger partial charge in [0.15, 0.2) is 5.69 Å². The fourth-order valence-corrected chi connectivity index (χ4v) is 2.24. The molecule has 0 amide bonds. The molecule has 0 fully saturated rings. The molecule has 0 bridgehead atoms. The van der Waals surface area contributed by atoms with E-state index in [2.05, 4.69) is 10.2 Å². The van der Waals surface area contributed by atoms with E-state index < -0.39 is 0 Å². The van der Waals surface area contributed by atoms with E-state index in [9.17, 15) is 5.11 Å². The average Bonchev–Trinajstić information content (AvgIpc) is 2.97. The average molecular weight is 322 g/mol. The number of aryl methyl sites for hydroxylation is 2. The SMILES string of the molecule is COc1ccc(N=Nc2cc(-c3ccc(C)c(C)c3)oc2O)cc1. The van der Waals surface area contributed by atoms with Gasteiger partial charge in [-0.3, -0.25) is 0 Å². The number of ether oxygens (including phenoxy) is 1. The number of methoxy groups -OCH3 is 1. The van der Waals surface area contributed by atoms with Crippen molar-refractivity contribution in [3.05, 3.63) is 59.7 Å². The first-order chi connectivity index (χ1) is 11.6. The van der Waals surface area contributed by atoms with Crippen LogP contribution in [0.3, 0.4) is 0 Å². The third kappa shape index (κ3) is 3.30. The van der Waals surface area contributed by atoms with Crippen molar-refractivity contribution >= 4 is 11.4 Å². The molecule has 3 rings (SSSR count). The molecule has 1 aromatic heterocycles. The maximum atomic E-state index is 9.94. The van der Waals surface area contributed by atoms with E-state index >= 15 is 0 Å². The van der Waals surface area contributed by atoms with E-state index in [0.717, 1.165) is 16.9 Å². The molecule has 0 saturated heterocycles. The van der Waals surface area contributed by atoms with Crippen molar-refractivity contribution in [3.63, 3.8) is 0 Å². The van der Waals surface area contributed by atoms with Crippen LogP contribution in [0.25, 0.3) is 11.3 Å². The van der Waals surface area contributed by atoms with Gasteiger partial charge in [-0.1, -0.05) is 12.1 Å². The lowest BCUT2D eigenvalue weighted by atomic mass is 10.1. The van der Waals surface area contributed by atoms with Gasteiger partial charge in [0.1, 0.15) is 11.5 Å². The Labute approximate surface area is 140 Å². The second-order valence-electron chi connectivity index (χ2n) is 5.50. The standard InChI is InChI=1S/C19H18N2O3/c1-12-4-5-14(10-13(12)2)18-11-17(19(22)24-18)21-20-15-6-8-16(23-3)9-7-15/h4-11,22H,1-3H3. The summed E-state index contributed by atoms with van der Waals surface area (Å²) in [6, 6.07) is 14.8. The predicted molar refractivity (Wildman–Crippen MR) is 92.5 cm³/mol. The van der Waals surface area contributed by atoms with Gasteiger partial charge in [0.2, 0.25) is 0 Å². The minimum absolute atomic E-state index is 0.250. The molecule has 0 radical (unpaired) electrons. The zero-order valence-electron chi connectivity index (χ0n) is 13.8. The monoisotopic (exact) mass is 322 g/mol. The number of hydrogen-bond acceptors (Lipinski definition) is 5. The summed E-state index contributed by atoms with van der Waals surface area (Å²) in [7, 11) is 1.61. The fourth-order valence-electron chi connectivity index (χ4n) is 2.24. The van der Waals surface area contributed by atoms with Crippen LogP contribution in [-0.2, 0) is 0 Å². The van der Waals surface area contributed by atoms with E-state index in [1.165, 1.54) is 5.56 Å². The quantitative estimate of drug-likeness (QED) is 0.627. The normalized spacial score (nSPS) is 11.1. The molecule has 3 aromatic rings. The molecule has 5 heteroatoms. The van der Waals surface area contributed by atoms with Gasteiger partial charge >= 0.3 is 5.95 Å². The Morgan fingerprint density at radius 1 is 0.917 bits per heavy atom. The zero-order valence-corrected chi connectivity index (χ0v) is 13.8. The number of hydrogen-bond donors (Lipinski definition) is 1. The molecule has 0 spiro atoms. The predicted octanol–water partition coefficient (Wildman–Crippen LogP) is 5.69. The van der Waals surface area contributed by atoms with Crippen LogP contribution >= 0.6 is 0 Å². The van der Waals surface area contributed by atoms with Crippen molar-refractivity contribution in [2.75, 3.05) is 7.11 Å². The van der Waals surface area contributed by atoms with Crippen molar-refractivity contribution in [2.45, 2.75) is 13.8 Å². The van der Waals surface area contributed by atoms with E-state index in [1.807, 2.05) is 32.0 Å². The lowest BCUT2D eigenvalue weighted by molar-refractivity contribution is 0.339. The van der Waals surface area contributed by atoms with Gasteiger partial charge in [0, 0.05) is 11.6 Å². The van der Waals surface area contributed by atoms with Gasteiger partial charge in [-0.05, 0) is 55.3 Å². The molecule has 0 aliphatic heterocycles. The highest BCUT2D eigenvalue weighted by Gasteiger charge is 2.12. The molecule has 0 aliphatic rings. The van der Waals surface area contributed by atoms with Gasteiger partial charge in [-0.2, -0.15) is 5.11 Å². The van der Waals surface area contributed by atoms with E-state index in [4.69, 9.17) is 9.15 Å². The van der Waals surface area contributed by atoms with Crippen molar-refractivity contribution in [1.29, 1.82) is 0 Å². The van der Waals surface area contributed by atoms with E-state index in [-0.39, 0.29) is 5.95 Å².